The molecule has 0 fully saturated rings. The number of hydrogen-bond acceptors (Lipinski definition) is 2. The van der Waals surface area contributed by atoms with Crippen molar-refractivity contribution in [2.24, 2.45) is 0 Å². The number of halogens is 1. The van der Waals surface area contributed by atoms with Crippen molar-refractivity contribution >= 4 is 22.6 Å². The third-order valence-electron chi connectivity index (χ3n) is 3.58. The highest BCUT2D eigenvalue weighted by atomic mass is 35.5. The minimum absolute atomic E-state index is 0.292. The van der Waals surface area contributed by atoms with Crippen molar-refractivity contribution in [2.45, 2.75) is 46.6 Å². The summed E-state index contributed by atoms with van der Waals surface area (Å²) < 4.78 is 6.03. The van der Waals surface area contributed by atoms with Gasteiger partial charge in [0.05, 0.1) is 6.04 Å². The van der Waals surface area contributed by atoms with Gasteiger partial charge in [0.1, 0.15) is 11.3 Å². The van der Waals surface area contributed by atoms with E-state index in [2.05, 4.69) is 32.2 Å². The summed E-state index contributed by atoms with van der Waals surface area (Å²) in [5.74, 6) is 1.02. The molecule has 0 amide bonds. The van der Waals surface area contributed by atoms with Gasteiger partial charge in [-0.25, -0.2) is 0 Å². The first-order valence-corrected chi connectivity index (χ1v) is 7.38. The summed E-state index contributed by atoms with van der Waals surface area (Å²) in [5, 5.41) is 5.45. The molecular weight excluding hydrogens is 258 g/mol. The molecule has 2 rings (SSSR count). The predicted molar refractivity (Wildman–Crippen MR) is 82.0 cm³/mol. The third kappa shape index (κ3) is 2.80. The zero-order chi connectivity index (χ0) is 14.0. The summed E-state index contributed by atoms with van der Waals surface area (Å²) in [6.07, 6.45) is 2.22. The number of nitrogens with one attached hydrogen (secondary N) is 1. The van der Waals surface area contributed by atoms with Gasteiger partial charge in [-0.1, -0.05) is 31.9 Å². The summed E-state index contributed by atoms with van der Waals surface area (Å²) >= 11 is 6.31. The third-order valence-corrected chi connectivity index (χ3v) is 4.16. The molecule has 1 atom stereocenters. The molecule has 1 unspecified atom stereocenters. The maximum absolute atomic E-state index is 6.31. The quantitative estimate of drug-likeness (QED) is 0.818. The summed E-state index contributed by atoms with van der Waals surface area (Å²) in [5.41, 5.74) is 3.12. The Morgan fingerprint density at radius 1 is 1.26 bits per heavy atom. The topological polar surface area (TPSA) is 25.2 Å². The van der Waals surface area contributed by atoms with Gasteiger partial charge < -0.3 is 9.73 Å². The lowest BCUT2D eigenvalue weighted by atomic mass is 10.1. The molecular formula is C16H22ClNO. The van der Waals surface area contributed by atoms with Crippen LogP contribution in [0.5, 0.6) is 0 Å². The van der Waals surface area contributed by atoms with Gasteiger partial charge >= 0.3 is 0 Å². The average molecular weight is 280 g/mol. The first-order chi connectivity index (χ1) is 9.08. The lowest BCUT2D eigenvalue weighted by Crippen LogP contribution is -2.20. The lowest BCUT2D eigenvalue weighted by Gasteiger charge is -2.13. The van der Waals surface area contributed by atoms with Crippen molar-refractivity contribution in [1.82, 2.24) is 5.32 Å². The van der Waals surface area contributed by atoms with Crippen LogP contribution in [0.3, 0.4) is 0 Å². The maximum Gasteiger partial charge on any atom is 0.135 e. The van der Waals surface area contributed by atoms with Gasteiger partial charge in [0.2, 0.25) is 0 Å². The molecule has 1 heterocycles. The smallest absolute Gasteiger partial charge is 0.135 e. The lowest BCUT2D eigenvalue weighted by molar-refractivity contribution is 0.414. The minimum atomic E-state index is 0.292. The second-order valence-electron chi connectivity index (χ2n) is 5.09. The van der Waals surface area contributed by atoms with Crippen LogP contribution in [-0.2, 0) is 0 Å². The molecule has 2 aromatic rings. The van der Waals surface area contributed by atoms with Crippen molar-refractivity contribution in [3.8, 4) is 0 Å². The zero-order valence-electron chi connectivity index (χ0n) is 12.1. The van der Waals surface area contributed by atoms with Crippen LogP contribution in [0.1, 0.15) is 49.6 Å². The van der Waals surface area contributed by atoms with Gasteiger partial charge in [-0.05, 0) is 50.1 Å². The minimum Gasteiger partial charge on any atom is -0.459 e. The second kappa shape index (κ2) is 5.98. The van der Waals surface area contributed by atoms with Crippen molar-refractivity contribution in [1.29, 1.82) is 0 Å². The fourth-order valence-corrected chi connectivity index (χ4v) is 2.71. The number of furan rings is 1. The van der Waals surface area contributed by atoms with E-state index >= 15 is 0 Å². The Labute approximate surface area is 120 Å². The van der Waals surface area contributed by atoms with Crippen LogP contribution in [0.4, 0.5) is 0 Å². The summed E-state index contributed by atoms with van der Waals surface area (Å²) in [4.78, 5) is 0. The van der Waals surface area contributed by atoms with Crippen LogP contribution in [-0.4, -0.2) is 6.54 Å². The van der Waals surface area contributed by atoms with Crippen molar-refractivity contribution in [2.75, 3.05) is 6.54 Å². The Kier molecular flexibility index (Phi) is 4.54. The molecule has 0 aliphatic carbocycles. The highest BCUT2D eigenvalue weighted by molar-refractivity contribution is 6.33. The van der Waals surface area contributed by atoms with Crippen LogP contribution in [0.25, 0.3) is 11.0 Å². The molecule has 1 aromatic carbocycles. The highest BCUT2D eigenvalue weighted by Gasteiger charge is 2.17. The molecule has 1 aromatic heterocycles. The number of rotatable bonds is 5. The van der Waals surface area contributed by atoms with Crippen LogP contribution in [0.15, 0.2) is 16.5 Å². The van der Waals surface area contributed by atoms with Crippen LogP contribution < -0.4 is 5.32 Å². The monoisotopic (exact) mass is 279 g/mol. The Balaban J connectivity index is 2.48. The standard InChI is InChI=1S/C16H22ClNO/c1-5-7-13(18-6-2)15-9-12-11(4)16(17)10(3)8-14(12)19-15/h8-9,13,18H,5-7H2,1-4H3. The largest absolute Gasteiger partial charge is 0.459 e. The van der Waals surface area contributed by atoms with E-state index in [-0.39, 0.29) is 0 Å². The van der Waals surface area contributed by atoms with Crippen molar-refractivity contribution < 1.29 is 4.42 Å². The molecule has 0 bridgehead atoms. The fourth-order valence-electron chi connectivity index (χ4n) is 2.55. The Hall–Kier alpha value is -0.990. The maximum atomic E-state index is 6.31. The van der Waals surface area contributed by atoms with Crippen LogP contribution >= 0.6 is 11.6 Å². The fraction of sp³-hybridized carbons (Fsp3) is 0.500. The van der Waals surface area contributed by atoms with Crippen molar-refractivity contribution in [3.05, 3.63) is 34.0 Å². The van der Waals surface area contributed by atoms with E-state index in [0.717, 1.165) is 52.3 Å². The first kappa shape index (κ1) is 14.4. The van der Waals surface area contributed by atoms with Gasteiger partial charge in [0.15, 0.2) is 0 Å². The van der Waals surface area contributed by atoms with Gasteiger partial charge in [-0.3, -0.25) is 0 Å². The normalized spacial score (nSPS) is 13.1. The van der Waals surface area contributed by atoms with E-state index < -0.39 is 0 Å². The SMILES string of the molecule is CCCC(NCC)c1cc2c(C)c(Cl)c(C)cc2o1. The van der Waals surface area contributed by atoms with E-state index in [1.54, 1.807) is 0 Å². The number of hydrogen-bond donors (Lipinski definition) is 1. The molecule has 0 saturated heterocycles. The van der Waals surface area contributed by atoms with Gasteiger partial charge in [-0.2, -0.15) is 0 Å². The first-order valence-electron chi connectivity index (χ1n) is 7.01. The molecule has 0 spiro atoms. The van der Waals surface area contributed by atoms with E-state index in [1.165, 1.54) is 0 Å². The molecule has 3 heteroatoms. The Morgan fingerprint density at radius 3 is 2.63 bits per heavy atom. The molecule has 0 aliphatic heterocycles. The Bertz CT molecular complexity index is 568. The van der Waals surface area contributed by atoms with Gasteiger partial charge in [0.25, 0.3) is 0 Å². The molecule has 2 nitrogen and oxygen atoms in total. The van der Waals surface area contributed by atoms with E-state index in [0.29, 0.717) is 6.04 Å². The number of fused-ring (bicyclic) bond motifs is 1. The molecule has 0 aliphatic rings. The number of aryl methyl sites for hydroxylation is 2. The van der Waals surface area contributed by atoms with Crippen molar-refractivity contribution in [3.63, 3.8) is 0 Å². The zero-order valence-corrected chi connectivity index (χ0v) is 12.9. The summed E-state index contributed by atoms with van der Waals surface area (Å²) in [7, 11) is 0. The van der Waals surface area contributed by atoms with Crippen LogP contribution in [0.2, 0.25) is 5.02 Å². The van der Waals surface area contributed by atoms with E-state index in [9.17, 15) is 0 Å². The predicted octanol–water partition coefficient (Wildman–Crippen LogP) is 5.15. The molecule has 0 radical (unpaired) electrons. The van der Waals surface area contributed by atoms with Crippen LogP contribution in [0, 0.1) is 13.8 Å². The van der Waals surface area contributed by atoms with Gasteiger partial charge in [-0.15, -0.1) is 0 Å². The molecule has 19 heavy (non-hydrogen) atoms. The molecule has 104 valence electrons. The Morgan fingerprint density at radius 2 is 2.00 bits per heavy atom. The molecule has 1 N–H and O–H groups in total. The molecule has 0 saturated carbocycles. The average Bonchev–Trinajstić information content (AvgIpc) is 2.80. The highest BCUT2D eigenvalue weighted by Crippen LogP contribution is 2.33. The second-order valence-corrected chi connectivity index (χ2v) is 5.47. The van der Waals surface area contributed by atoms with E-state index in [4.69, 9.17) is 16.0 Å². The van der Waals surface area contributed by atoms with Gasteiger partial charge in [0, 0.05) is 10.4 Å². The summed E-state index contributed by atoms with van der Waals surface area (Å²) in [6, 6.07) is 4.46. The van der Waals surface area contributed by atoms with E-state index in [1.807, 2.05) is 13.0 Å². The summed E-state index contributed by atoms with van der Waals surface area (Å²) in [6.45, 7) is 9.33. The number of benzene rings is 1.